The third-order valence-electron chi connectivity index (χ3n) is 3.73. The highest BCUT2D eigenvalue weighted by atomic mass is 79.9. The van der Waals surface area contributed by atoms with Crippen molar-refractivity contribution in [3.8, 4) is 0 Å². The highest BCUT2D eigenvalue weighted by molar-refractivity contribution is 9.10. The molecule has 0 unspecified atom stereocenters. The summed E-state index contributed by atoms with van der Waals surface area (Å²) in [5, 5.41) is 6.44. The number of aromatic nitrogens is 1. The Morgan fingerprint density at radius 2 is 1.81 bits per heavy atom. The number of benzene rings is 2. The van der Waals surface area contributed by atoms with Crippen molar-refractivity contribution >= 4 is 55.0 Å². The van der Waals surface area contributed by atoms with E-state index in [1.807, 2.05) is 42.5 Å². The molecule has 0 atom stereocenters. The number of nitrogens with zero attached hydrogens (tertiary/aromatic N) is 1. The van der Waals surface area contributed by atoms with Crippen LogP contribution in [0.15, 0.2) is 53.0 Å². The lowest BCUT2D eigenvalue weighted by atomic mass is 10.2. The van der Waals surface area contributed by atoms with Crippen LogP contribution in [0.25, 0.3) is 10.2 Å². The van der Waals surface area contributed by atoms with Gasteiger partial charge in [0.2, 0.25) is 11.8 Å². The van der Waals surface area contributed by atoms with E-state index in [0.717, 1.165) is 26.1 Å². The number of carbonyl (C=O) groups is 2. The third kappa shape index (κ3) is 5.12. The molecule has 2 N–H and O–H groups in total. The average molecular weight is 432 g/mol. The van der Waals surface area contributed by atoms with Crippen LogP contribution >= 0.6 is 27.3 Å². The molecule has 0 bridgehead atoms. The van der Waals surface area contributed by atoms with E-state index in [1.165, 1.54) is 0 Å². The molecule has 2 amide bonds. The quantitative estimate of drug-likeness (QED) is 0.590. The van der Waals surface area contributed by atoms with Gasteiger partial charge in [0.15, 0.2) is 0 Å². The van der Waals surface area contributed by atoms with Gasteiger partial charge in [-0.3, -0.25) is 9.59 Å². The van der Waals surface area contributed by atoms with Gasteiger partial charge in [0.1, 0.15) is 0 Å². The van der Waals surface area contributed by atoms with Gasteiger partial charge in [-0.05, 0) is 53.0 Å². The van der Waals surface area contributed by atoms with Crippen molar-refractivity contribution < 1.29 is 9.59 Å². The molecule has 2 aromatic carbocycles. The monoisotopic (exact) mass is 431 g/mol. The summed E-state index contributed by atoms with van der Waals surface area (Å²) in [5.41, 5.74) is 1.68. The molecular weight excluding hydrogens is 414 g/mol. The summed E-state index contributed by atoms with van der Waals surface area (Å²) in [6.07, 6.45) is 1.84. The summed E-state index contributed by atoms with van der Waals surface area (Å²) < 4.78 is 1.96. The van der Waals surface area contributed by atoms with E-state index < -0.39 is 0 Å². The van der Waals surface area contributed by atoms with E-state index in [1.54, 1.807) is 17.4 Å². The van der Waals surface area contributed by atoms with Gasteiger partial charge in [-0.1, -0.05) is 24.3 Å². The molecule has 0 fully saturated rings. The first-order valence-corrected chi connectivity index (χ1v) is 9.88. The van der Waals surface area contributed by atoms with Gasteiger partial charge in [-0.25, -0.2) is 4.98 Å². The zero-order valence-electron chi connectivity index (χ0n) is 14.0. The number of aryl methyl sites for hydroxylation is 1. The molecule has 3 aromatic rings. The second-order valence-electron chi connectivity index (χ2n) is 5.73. The number of fused-ring (bicyclic) bond motifs is 1. The number of hydrogen-bond acceptors (Lipinski definition) is 4. The van der Waals surface area contributed by atoms with E-state index in [2.05, 4.69) is 31.5 Å². The maximum absolute atomic E-state index is 11.9. The van der Waals surface area contributed by atoms with Gasteiger partial charge in [0.05, 0.1) is 27.5 Å². The molecule has 7 heteroatoms. The van der Waals surface area contributed by atoms with Gasteiger partial charge < -0.3 is 10.6 Å². The van der Waals surface area contributed by atoms with Crippen molar-refractivity contribution in [2.45, 2.75) is 19.3 Å². The summed E-state index contributed by atoms with van der Waals surface area (Å²) in [7, 11) is 0. The number of rotatable bonds is 7. The van der Waals surface area contributed by atoms with Crippen molar-refractivity contribution in [3.05, 3.63) is 58.0 Å². The van der Waals surface area contributed by atoms with Crippen LogP contribution in [-0.4, -0.2) is 23.3 Å². The van der Waals surface area contributed by atoms with Crippen LogP contribution in [0.4, 0.5) is 5.69 Å². The van der Waals surface area contributed by atoms with E-state index in [9.17, 15) is 9.59 Å². The fourth-order valence-electron chi connectivity index (χ4n) is 2.45. The Balaban J connectivity index is 1.38. The second-order valence-corrected chi connectivity index (χ2v) is 7.70. The summed E-state index contributed by atoms with van der Waals surface area (Å²) >= 11 is 5.03. The van der Waals surface area contributed by atoms with Crippen LogP contribution in [-0.2, 0) is 16.0 Å². The first kappa shape index (κ1) is 18.5. The van der Waals surface area contributed by atoms with Crippen LogP contribution in [0.5, 0.6) is 0 Å². The van der Waals surface area contributed by atoms with Crippen molar-refractivity contribution in [1.82, 2.24) is 10.3 Å². The topological polar surface area (TPSA) is 71.1 Å². The number of para-hydroxylation sites is 2. The number of carbonyl (C=O) groups excluding carboxylic acids is 2. The summed E-state index contributed by atoms with van der Waals surface area (Å²) in [6, 6.07) is 15.3. The van der Waals surface area contributed by atoms with Crippen LogP contribution in [0.1, 0.15) is 17.8 Å². The number of halogens is 1. The zero-order valence-corrected chi connectivity index (χ0v) is 16.4. The maximum atomic E-state index is 11.9. The lowest BCUT2D eigenvalue weighted by Crippen LogP contribution is -2.32. The molecule has 5 nitrogen and oxygen atoms in total. The summed E-state index contributed by atoms with van der Waals surface area (Å²) in [4.78, 5) is 28.4. The van der Waals surface area contributed by atoms with Crippen molar-refractivity contribution in [1.29, 1.82) is 0 Å². The van der Waals surface area contributed by atoms with Gasteiger partial charge in [-0.15, -0.1) is 11.3 Å². The second kappa shape index (κ2) is 8.91. The lowest BCUT2D eigenvalue weighted by molar-refractivity contribution is -0.124. The molecule has 1 heterocycles. The van der Waals surface area contributed by atoms with E-state index in [4.69, 9.17) is 0 Å². The Bertz CT molecular complexity index is 893. The molecule has 0 aliphatic carbocycles. The minimum atomic E-state index is -0.253. The highest BCUT2D eigenvalue weighted by Gasteiger charge is 2.09. The van der Waals surface area contributed by atoms with E-state index >= 15 is 0 Å². The maximum Gasteiger partial charge on any atom is 0.243 e. The Kier molecular flexibility index (Phi) is 6.35. The van der Waals surface area contributed by atoms with Gasteiger partial charge >= 0.3 is 0 Å². The molecule has 1 aromatic heterocycles. The molecule has 0 aliphatic rings. The third-order valence-corrected chi connectivity index (χ3v) is 5.51. The first-order valence-electron chi connectivity index (χ1n) is 8.27. The Labute approximate surface area is 164 Å². The van der Waals surface area contributed by atoms with E-state index in [-0.39, 0.29) is 18.4 Å². The van der Waals surface area contributed by atoms with Crippen LogP contribution in [0.3, 0.4) is 0 Å². The molecule has 0 saturated carbocycles. The van der Waals surface area contributed by atoms with Crippen molar-refractivity contribution in [3.63, 3.8) is 0 Å². The molecule has 0 spiro atoms. The van der Waals surface area contributed by atoms with Gasteiger partial charge in [-0.2, -0.15) is 0 Å². The molecule has 26 heavy (non-hydrogen) atoms. The minimum absolute atomic E-state index is 0.0404. The number of amides is 2. The molecule has 0 saturated heterocycles. The zero-order chi connectivity index (χ0) is 18.4. The SMILES string of the molecule is O=C(CCCc1nc2ccccc2s1)NCC(=O)Nc1ccccc1Br. The summed E-state index contributed by atoms with van der Waals surface area (Å²) in [6.45, 7) is -0.0404. The number of nitrogens with one attached hydrogen (secondary N) is 2. The Morgan fingerprint density at radius 1 is 1.04 bits per heavy atom. The highest BCUT2D eigenvalue weighted by Crippen LogP contribution is 2.23. The standard InChI is InChI=1S/C19H18BrN3O2S/c20-13-6-1-2-7-14(13)22-18(25)12-21-17(24)10-5-11-19-23-15-8-3-4-9-16(15)26-19/h1-4,6-9H,5,10-12H2,(H,21,24)(H,22,25). The molecule has 0 aliphatic heterocycles. The number of thiazole rings is 1. The molecular formula is C19H18BrN3O2S. The molecule has 0 radical (unpaired) electrons. The van der Waals surface area contributed by atoms with E-state index in [0.29, 0.717) is 18.5 Å². The normalized spacial score (nSPS) is 10.7. The lowest BCUT2D eigenvalue weighted by Gasteiger charge is -2.08. The van der Waals surface area contributed by atoms with Gasteiger partial charge in [0, 0.05) is 10.9 Å². The van der Waals surface area contributed by atoms with Crippen LogP contribution in [0.2, 0.25) is 0 Å². The Morgan fingerprint density at radius 3 is 2.62 bits per heavy atom. The smallest absolute Gasteiger partial charge is 0.243 e. The van der Waals surface area contributed by atoms with Crippen LogP contribution in [0, 0.1) is 0 Å². The van der Waals surface area contributed by atoms with Crippen molar-refractivity contribution in [2.75, 3.05) is 11.9 Å². The van der Waals surface area contributed by atoms with Gasteiger partial charge in [0.25, 0.3) is 0 Å². The predicted molar refractivity (Wildman–Crippen MR) is 108 cm³/mol. The number of hydrogen-bond donors (Lipinski definition) is 2. The minimum Gasteiger partial charge on any atom is -0.347 e. The van der Waals surface area contributed by atoms with Crippen molar-refractivity contribution in [2.24, 2.45) is 0 Å². The average Bonchev–Trinajstić information content (AvgIpc) is 3.05. The number of anilines is 1. The fraction of sp³-hybridized carbons (Fsp3) is 0.211. The van der Waals surface area contributed by atoms with Crippen LogP contribution < -0.4 is 10.6 Å². The molecule has 3 rings (SSSR count). The Hall–Kier alpha value is -2.25. The predicted octanol–water partition coefficient (Wildman–Crippen LogP) is 4.14. The largest absolute Gasteiger partial charge is 0.347 e. The summed E-state index contributed by atoms with van der Waals surface area (Å²) in [5.74, 6) is -0.384. The molecule has 134 valence electrons. The first-order chi connectivity index (χ1) is 12.6. The fourth-order valence-corrected chi connectivity index (χ4v) is 3.84.